The fourth-order valence-corrected chi connectivity index (χ4v) is 9.36. The van der Waals surface area contributed by atoms with Gasteiger partial charge < -0.3 is 28.4 Å². The second kappa shape index (κ2) is 54.2. The molecule has 0 aliphatic rings. The Kier molecular flexibility index (Phi) is 46.1. The van der Waals surface area contributed by atoms with Crippen LogP contribution in [0.3, 0.4) is 0 Å². The summed E-state index contributed by atoms with van der Waals surface area (Å²) >= 11 is 0. The van der Waals surface area contributed by atoms with Gasteiger partial charge in [0, 0.05) is 55.8 Å². The molecule has 0 spiro atoms. The van der Waals surface area contributed by atoms with Crippen LogP contribution >= 0.6 is 0 Å². The molecule has 608 valence electrons. The number of ether oxygens (including phenoxy) is 6. The molecule has 0 aliphatic carbocycles. The Hall–Kier alpha value is -9.93. The average Bonchev–Trinajstić information content (AvgIpc) is 0.704. The fourth-order valence-electron chi connectivity index (χ4n) is 9.36. The second-order valence-corrected chi connectivity index (χ2v) is 25.9. The van der Waals surface area contributed by atoms with Crippen molar-refractivity contribution in [2.45, 2.75) is 37.9 Å². The molecule has 9 heterocycles. The smallest absolute Gasteiger partial charge is 0.495 e. The Balaban J connectivity index is 0.000000330. The van der Waals surface area contributed by atoms with Crippen LogP contribution in [-0.2, 0) is 73.0 Å². The maximum Gasteiger partial charge on any atom is 2.00 e. The SMILES string of the molecule is COc1ccc(C=N[C@@H](COCc2ccc(-c3ccccn3)nc2)c2ccccc2)nc1.COc1ccc(C=N[C@@H](COCc2ccc(-c3ccccn3)nc2)c2ccccc2)nc1.COc1ccc(C=N[C@@H](COCc2ccc(-c3ccccn3)nc2)c2ccccc2)nc1.[O-][Cl+3]([O-])([O-])[O-].[O-][Cl+3]([O-])([O-])[O-].[O-][Cl+3]([O-])([O-])[O-].[O-][Cl+3]([O-])([O-])[O-].[Zn+2].[Zn+2]. The van der Waals surface area contributed by atoms with Crippen molar-refractivity contribution >= 4 is 18.6 Å². The quantitative estimate of drug-likeness (QED) is 0.0347. The molecule has 0 aliphatic heterocycles. The Morgan fingerprint density at radius 2 is 0.500 bits per heavy atom. The van der Waals surface area contributed by atoms with E-state index in [9.17, 15) is 0 Å². The summed E-state index contributed by atoms with van der Waals surface area (Å²) in [4.78, 5) is 53.7. The van der Waals surface area contributed by atoms with Crippen LogP contribution in [0.15, 0.2) is 289 Å². The van der Waals surface area contributed by atoms with Crippen LogP contribution in [-0.4, -0.2) is 105 Å². The number of nitrogens with zero attached hydrogens (tertiary/aromatic N) is 12. The molecule has 3 atom stereocenters. The van der Waals surface area contributed by atoms with Crippen molar-refractivity contribution in [1.82, 2.24) is 44.9 Å². The van der Waals surface area contributed by atoms with E-state index in [1.165, 1.54) is 0 Å². The number of halogens is 4. The number of benzene rings is 3. The van der Waals surface area contributed by atoms with Crippen LogP contribution in [0.25, 0.3) is 34.2 Å². The molecular weight excluding hydrogens is 1730 g/mol. The van der Waals surface area contributed by atoms with Crippen LogP contribution in [0.2, 0.25) is 0 Å². The van der Waals surface area contributed by atoms with E-state index < -0.39 is 41.0 Å². The molecule has 0 fully saturated rings. The van der Waals surface area contributed by atoms with Crippen molar-refractivity contribution in [3.05, 3.63) is 325 Å². The molecule has 0 bridgehead atoms. The first-order chi connectivity index (χ1) is 55.4. The van der Waals surface area contributed by atoms with Gasteiger partial charge in [0.25, 0.3) is 0 Å². The molecule has 118 heavy (non-hydrogen) atoms. The third-order valence-electron chi connectivity index (χ3n) is 14.6. The van der Waals surface area contributed by atoms with E-state index in [4.69, 9.17) is 118 Å². The molecule has 0 saturated carbocycles. The molecule has 0 unspecified atom stereocenters. The van der Waals surface area contributed by atoms with Gasteiger partial charge in [-0.3, -0.25) is 59.8 Å². The number of hydrogen-bond acceptors (Lipinski definition) is 34. The molecule has 34 nitrogen and oxygen atoms in total. The molecule has 12 aromatic rings. The Labute approximate surface area is 711 Å². The minimum absolute atomic E-state index is 0. The number of aromatic nitrogens is 9. The summed E-state index contributed by atoms with van der Waals surface area (Å²) in [6.45, 7) is 2.69. The second-order valence-electron chi connectivity index (χ2n) is 22.8. The molecule has 40 heteroatoms. The predicted octanol–water partition coefficient (Wildman–Crippen LogP) is -4.26. The van der Waals surface area contributed by atoms with Gasteiger partial charge in [-0.2, -0.15) is 0 Å². The van der Waals surface area contributed by atoms with E-state index in [0.29, 0.717) is 56.9 Å². The van der Waals surface area contributed by atoms with Gasteiger partial charge >= 0.3 is 39.0 Å². The third kappa shape index (κ3) is 45.1. The zero-order chi connectivity index (χ0) is 84.0. The van der Waals surface area contributed by atoms with Crippen LogP contribution in [0, 0.1) is 41.0 Å². The van der Waals surface area contributed by atoms with Crippen molar-refractivity contribution in [2.24, 2.45) is 15.0 Å². The van der Waals surface area contributed by atoms with E-state index in [-0.39, 0.29) is 57.1 Å². The molecule has 3 aromatic carbocycles. The number of aliphatic imine (C=N–C) groups is 3. The van der Waals surface area contributed by atoms with Gasteiger partial charge in [-0.05, 0) is 124 Å². The number of hydrogen-bond donors (Lipinski definition) is 0. The zero-order valence-corrected chi connectivity index (χ0v) is 71.9. The van der Waals surface area contributed by atoms with Crippen molar-refractivity contribution in [2.75, 3.05) is 41.2 Å². The van der Waals surface area contributed by atoms with Crippen molar-refractivity contribution in [1.29, 1.82) is 0 Å². The topological polar surface area (TPSA) is 577 Å². The summed E-state index contributed by atoms with van der Waals surface area (Å²) in [7, 11) is -14.9. The molecule has 0 saturated heterocycles. The maximum absolute atomic E-state index is 8.49. The van der Waals surface area contributed by atoms with E-state index in [2.05, 4.69) is 81.3 Å². The first-order valence-electron chi connectivity index (χ1n) is 33.5. The largest absolute Gasteiger partial charge is 2.00 e. The number of rotatable bonds is 27. The van der Waals surface area contributed by atoms with E-state index in [1.54, 1.807) is 77.2 Å². The van der Waals surface area contributed by atoms with Crippen LogP contribution in [0.5, 0.6) is 17.2 Å². The van der Waals surface area contributed by atoms with Crippen LogP contribution in [0.4, 0.5) is 0 Å². The van der Waals surface area contributed by atoms with Gasteiger partial charge in [-0.1, -0.05) is 127 Å². The summed E-state index contributed by atoms with van der Waals surface area (Å²) in [5, 5.41) is 0. The van der Waals surface area contributed by atoms with Crippen LogP contribution < -0.4 is 88.8 Å². The molecule has 0 N–H and O–H groups in total. The Morgan fingerprint density at radius 3 is 0.686 bits per heavy atom. The summed E-state index contributed by atoms with van der Waals surface area (Å²) < 4.78 is 169. The molecule has 12 rings (SSSR count). The van der Waals surface area contributed by atoms with E-state index in [0.717, 1.165) is 84.6 Å². The summed E-state index contributed by atoms with van der Waals surface area (Å²) in [6.07, 6.45) is 21.1. The summed E-state index contributed by atoms with van der Waals surface area (Å²) in [5.74, 6) is 2.15. The minimum Gasteiger partial charge on any atom is -0.495 e. The molecule has 0 radical (unpaired) electrons. The van der Waals surface area contributed by atoms with E-state index in [1.807, 2.05) is 201 Å². The van der Waals surface area contributed by atoms with Crippen molar-refractivity contribution in [3.63, 3.8) is 0 Å². The maximum atomic E-state index is 8.49. The van der Waals surface area contributed by atoms with Gasteiger partial charge in [0.15, 0.2) is 0 Å². The van der Waals surface area contributed by atoms with Gasteiger partial charge in [0.1, 0.15) is 17.2 Å². The first-order valence-corrected chi connectivity index (χ1v) is 38.4. The molecule has 0 amide bonds. The monoisotopic (exact) mass is 1800 g/mol. The Morgan fingerprint density at radius 1 is 0.271 bits per heavy atom. The number of methoxy groups -OCH3 is 3. The average molecular weight is 1800 g/mol. The first kappa shape index (κ1) is 100. The van der Waals surface area contributed by atoms with Crippen LogP contribution in [0.1, 0.15) is 68.6 Å². The van der Waals surface area contributed by atoms with Crippen molar-refractivity contribution < 1.29 is 183 Å². The summed E-state index contributed by atoms with van der Waals surface area (Å²) in [5.41, 5.74) is 13.6. The predicted molar refractivity (Wildman–Crippen MR) is 374 cm³/mol. The van der Waals surface area contributed by atoms with Gasteiger partial charge in [0.2, 0.25) is 0 Å². The van der Waals surface area contributed by atoms with Crippen molar-refractivity contribution in [3.8, 4) is 51.4 Å². The Bertz CT molecular complexity index is 4230. The van der Waals surface area contributed by atoms with Gasteiger partial charge in [0.05, 0.1) is 149 Å². The van der Waals surface area contributed by atoms with Gasteiger partial charge in [-0.15, -0.1) is 41.0 Å². The molecular formula is C78H72Cl4N12O22Zn2. The number of pyridine rings is 9. The van der Waals surface area contributed by atoms with Gasteiger partial charge in [-0.25, -0.2) is 74.5 Å². The normalized spacial score (nSPS) is 11.8. The van der Waals surface area contributed by atoms with E-state index >= 15 is 0 Å². The standard InChI is InChI=1S/3C26H24N4O2.4ClHO4.2Zn/c3*1-31-23-12-11-22(28-17-23)16-30-26(21-7-3-2-4-8-21)19-32-18-20-10-13-25(29-15-20)24-9-5-6-14-27-24;4*2-1(3,4)5;;/h3*2-17,26H,18-19H2,1H3;4*(H,2,3,4,5);;/q;;;;;;;2*+2/p-4/t3*26-;;;;;;/m000....../s1. The molecule has 9 aromatic heterocycles. The zero-order valence-electron chi connectivity index (χ0n) is 63.0. The summed E-state index contributed by atoms with van der Waals surface area (Å²) in [6, 6.07) is 70.4. The fraction of sp³-hybridized carbons (Fsp3) is 0.154. The third-order valence-corrected chi connectivity index (χ3v) is 14.6. The minimum atomic E-state index is -4.94.